The predicted molar refractivity (Wildman–Crippen MR) is 133 cm³/mol. The third-order valence-electron chi connectivity index (χ3n) is 6.23. The third-order valence-corrected chi connectivity index (χ3v) is 6.23. The summed E-state index contributed by atoms with van der Waals surface area (Å²) in [7, 11) is 1.98. The highest BCUT2D eigenvalue weighted by Gasteiger charge is 2.34. The molecule has 0 bridgehead atoms. The summed E-state index contributed by atoms with van der Waals surface area (Å²) in [6, 6.07) is 10.9. The Morgan fingerprint density at radius 2 is 1.81 bits per heavy atom. The molecule has 5 nitrogen and oxygen atoms in total. The fourth-order valence-corrected chi connectivity index (χ4v) is 4.16. The van der Waals surface area contributed by atoms with Crippen LogP contribution in [-0.4, -0.2) is 53.8 Å². The minimum atomic E-state index is -4.56. The van der Waals surface area contributed by atoms with E-state index in [0.29, 0.717) is 18.7 Å². The molecule has 3 aromatic rings. The molecule has 0 saturated carbocycles. The van der Waals surface area contributed by atoms with E-state index in [1.54, 1.807) is 12.1 Å². The van der Waals surface area contributed by atoms with Crippen LogP contribution >= 0.6 is 0 Å². The number of rotatable bonds is 5. The molecule has 0 aliphatic carbocycles. The Morgan fingerprint density at radius 3 is 2.51 bits per heavy atom. The Labute approximate surface area is 212 Å². The van der Waals surface area contributed by atoms with Gasteiger partial charge in [-0.25, -0.2) is 9.37 Å². The van der Waals surface area contributed by atoms with Gasteiger partial charge in [0.05, 0.1) is 11.1 Å². The number of carbonyl (C=O) groups excluding carboxylic acids is 1. The van der Waals surface area contributed by atoms with Crippen molar-refractivity contribution >= 4 is 11.6 Å². The number of benzene rings is 2. The molecule has 9 heteroatoms. The molecule has 1 fully saturated rings. The summed E-state index contributed by atoms with van der Waals surface area (Å²) in [4.78, 5) is 21.0. The van der Waals surface area contributed by atoms with Crippen LogP contribution in [0.25, 0.3) is 0 Å². The van der Waals surface area contributed by atoms with E-state index < -0.39 is 23.3 Å². The molecule has 1 saturated heterocycles. The number of nitrogens with two attached hydrogens (primary N) is 1. The average molecular weight is 511 g/mol. The number of anilines is 1. The van der Waals surface area contributed by atoms with E-state index in [2.05, 4.69) is 21.7 Å². The van der Waals surface area contributed by atoms with Gasteiger partial charge in [0, 0.05) is 56.5 Å². The van der Waals surface area contributed by atoms with Crippen molar-refractivity contribution < 1.29 is 22.4 Å². The number of carbonyl (C=O) groups is 1. The summed E-state index contributed by atoms with van der Waals surface area (Å²) in [6.45, 7) is 3.15. The second-order valence-electron chi connectivity index (χ2n) is 9.08. The number of nitrogens with zero attached hydrogens (tertiary/aromatic N) is 3. The largest absolute Gasteiger partial charge is 0.416 e. The van der Waals surface area contributed by atoms with Gasteiger partial charge >= 0.3 is 6.18 Å². The van der Waals surface area contributed by atoms with Crippen LogP contribution < -0.4 is 5.73 Å². The summed E-state index contributed by atoms with van der Waals surface area (Å²) in [5.41, 5.74) is 6.11. The highest BCUT2D eigenvalue weighted by molar-refractivity contribution is 5.97. The Kier molecular flexibility index (Phi) is 7.91. The van der Waals surface area contributed by atoms with Crippen LogP contribution in [0.5, 0.6) is 0 Å². The first kappa shape index (κ1) is 26.3. The van der Waals surface area contributed by atoms with E-state index in [1.165, 1.54) is 30.5 Å². The number of hydrogen-bond acceptors (Lipinski definition) is 5. The van der Waals surface area contributed by atoms with Gasteiger partial charge in [-0.3, -0.25) is 9.69 Å². The molecule has 1 aromatic heterocycles. The van der Waals surface area contributed by atoms with Gasteiger partial charge in [-0.1, -0.05) is 24.0 Å². The molecule has 0 atom stereocenters. The van der Waals surface area contributed by atoms with Gasteiger partial charge in [0.1, 0.15) is 11.6 Å². The molecule has 1 aliphatic rings. The van der Waals surface area contributed by atoms with Crippen molar-refractivity contribution in [2.75, 3.05) is 39.0 Å². The molecule has 2 aromatic carbocycles. The summed E-state index contributed by atoms with van der Waals surface area (Å²) < 4.78 is 55.9. The third kappa shape index (κ3) is 6.94. The lowest BCUT2D eigenvalue weighted by molar-refractivity contribution is -0.138. The Hall–Kier alpha value is -3.74. The summed E-state index contributed by atoms with van der Waals surface area (Å²) in [5, 5.41) is 0. The van der Waals surface area contributed by atoms with Crippen molar-refractivity contribution in [3.63, 3.8) is 0 Å². The Bertz CT molecular complexity index is 1350. The molecule has 2 N–H and O–H groups in total. The number of alkyl halides is 3. The zero-order valence-corrected chi connectivity index (χ0v) is 20.3. The van der Waals surface area contributed by atoms with Crippen molar-refractivity contribution in [1.82, 2.24) is 14.8 Å². The van der Waals surface area contributed by atoms with Gasteiger partial charge in [0.15, 0.2) is 5.78 Å². The number of halogens is 4. The Balaban J connectivity index is 1.54. The number of pyridine rings is 1. The molecule has 0 unspecified atom stereocenters. The van der Waals surface area contributed by atoms with Crippen LogP contribution in [0.1, 0.15) is 38.2 Å². The maximum absolute atomic E-state index is 14.2. The number of piperazine rings is 1. The smallest absolute Gasteiger partial charge is 0.383 e. The average Bonchev–Trinajstić information content (AvgIpc) is 2.85. The van der Waals surface area contributed by atoms with Crippen LogP contribution in [0.2, 0.25) is 0 Å². The summed E-state index contributed by atoms with van der Waals surface area (Å²) in [6.07, 6.45) is -3.34. The van der Waals surface area contributed by atoms with E-state index >= 15 is 0 Å². The first-order valence-corrected chi connectivity index (χ1v) is 11.7. The molecular weight excluding hydrogens is 484 g/mol. The van der Waals surface area contributed by atoms with Crippen molar-refractivity contribution in [2.45, 2.75) is 19.1 Å². The lowest BCUT2D eigenvalue weighted by atomic mass is 9.97. The molecule has 0 spiro atoms. The van der Waals surface area contributed by atoms with Gasteiger partial charge in [-0.05, 0) is 54.6 Å². The van der Waals surface area contributed by atoms with Crippen LogP contribution in [0.15, 0.2) is 54.7 Å². The predicted octanol–water partition coefficient (Wildman–Crippen LogP) is 4.39. The standard InChI is InChI=1S/C28H26F4N4O/c1-35-9-11-36(12-10-35)18-22-7-5-20(15-25(22)28(30,31)32)16-26(37)23-13-19(14-24(29)17-23)4-6-21-3-2-8-34-27(21)33/h2-3,5,7-8,13-15,17H,9-12,16,18H2,1H3,(H2,33,34). The fraction of sp³-hybridized carbons (Fsp3) is 0.286. The topological polar surface area (TPSA) is 62.5 Å². The van der Waals surface area contributed by atoms with E-state index in [9.17, 15) is 22.4 Å². The minimum absolute atomic E-state index is 0.0264. The number of nitrogen functional groups attached to an aromatic ring is 1. The normalized spacial score (nSPS) is 14.7. The van der Waals surface area contributed by atoms with Crippen molar-refractivity contribution in [2.24, 2.45) is 0 Å². The highest BCUT2D eigenvalue weighted by Crippen LogP contribution is 2.34. The zero-order valence-electron chi connectivity index (χ0n) is 20.3. The van der Waals surface area contributed by atoms with Crippen LogP contribution in [-0.2, 0) is 19.1 Å². The molecule has 37 heavy (non-hydrogen) atoms. The Morgan fingerprint density at radius 1 is 1.05 bits per heavy atom. The number of likely N-dealkylation sites (N-methyl/N-ethyl adjacent to an activating group) is 1. The maximum Gasteiger partial charge on any atom is 0.416 e. The van der Waals surface area contributed by atoms with Crippen molar-refractivity contribution in [3.8, 4) is 11.8 Å². The maximum atomic E-state index is 14.2. The SMILES string of the molecule is CN1CCN(Cc2ccc(CC(=O)c3cc(F)cc(C#Cc4cccnc4N)c3)cc2C(F)(F)F)CC1. The van der Waals surface area contributed by atoms with E-state index in [1.807, 2.05) is 11.9 Å². The summed E-state index contributed by atoms with van der Waals surface area (Å²) >= 11 is 0. The number of hydrogen-bond donors (Lipinski definition) is 1. The van der Waals surface area contributed by atoms with Crippen LogP contribution in [0, 0.1) is 17.7 Å². The second-order valence-corrected chi connectivity index (χ2v) is 9.08. The molecule has 2 heterocycles. The number of Topliss-reactive ketones (excluding diaryl/α,β-unsaturated/α-hetero) is 1. The lowest BCUT2D eigenvalue weighted by Gasteiger charge is -2.33. The number of ketones is 1. The van der Waals surface area contributed by atoms with Crippen molar-refractivity contribution in [3.05, 3.63) is 93.9 Å². The van der Waals surface area contributed by atoms with Gasteiger partial charge in [-0.15, -0.1) is 0 Å². The first-order chi connectivity index (χ1) is 17.6. The molecule has 192 valence electrons. The van der Waals surface area contributed by atoms with Gasteiger partial charge in [0.25, 0.3) is 0 Å². The van der Waals surface area contributed by atoms with Crippen molar-refractivity contribution in [1.29, 1.82) is 0 Å². The van der Waals surface area contributed by atoms with E-state index in [0.717, 1.165) is 25.2 Å². The molecular formula is C28H26F4N4O. The van der Waals surface area contributed by atoms with Gasteiger partial charge < -0.3 is 10.6 Å². The quantitative estimate of drug-likeness (QED) is 0.313. The number of aromatic nitrogens is 1. The van der Waals surface area contributed by atoms with E-state index in [4.69, 9.17) is 5.73 Å². The first-order valence-electron chi connectivity index (χ1n) is 11.7. The monoisotopic (exact) mass is 510 g/mol. The minimum Gasteiger partial charge on any atom is -0.383 e. The zero-order chi connectivity index (χ0) is 26.6. The fourth-order valence-electron chi connectivity index (χ4n) is 4.16. The van der Waals surface area contributed by atoms with Crippen LogP contribution in [0.3, 0.4) is 0 Å². The van der Waals surface area contributed by atoms with Crippen LogP contribution in [0.4, 0.5) is 23.4 Å². The molecule has 0 amide bonds. The van der Waals surface area contributed by atoms with Gasteiger partial charge in [0.2, 0.25) is 0 Å². The molecule has 0 radical (unpaired) electrons. The molecule has 4 rings (SSSR count). The second kappa shape index (κ2) is 11.1. The highest BCUT2D eigenvalue weighted by atomic mass is 19.4. The summed E-state index contributed by atoms with van der Waals surface area (Å²) in [5.74, 6) is 4.59. The van der Waals surface area contributed by atoms with E-state index in [-0.39, 0.29) is 41.0 Å². The van der Waals surface area contributed by atoms with Gasteiger partial charge in [-0.2, -0.15) is 13.2 Å². The lowest BCUT2D eigenvalue weighted by Crippen LogP contribution is -2.44. The molecule has 1 aliphatic heterocycles.